The van der Waals surface area contributed by atoms with Gasteiger partial charge in [-0.05, 0) is 29.4 Å². The number of hydrogen-bond acceptors (Lipinski definition) is 3. The summed E-state index contributed by atoms with van der Waals surface area (Å²) in [7, 11) is 3.50. The molecule has 0 N–H and O–H groups in total. The van der Waals surface area contributed by atoms with Crippen molar-refractivity contribution in [1.29, 1.82) is 0 Å². The van der Waals surface area contributed by atoms with Crippen LogP contribution in [0.2, 0.25) is 0 Å². The lowest BCUT2D eigenvalue weighted by Crippen LogP contribution is -2.44. The predicted molar refractivity (Wildman–Crippen MR) is 88.5 cm³/mol. The van der Waals surface area contributed by atoms with Crippen LogP contribution in [0.1, 0.15) is 32.3 Å². The number of hydrogen-bond donors (Lipinski definition) is 0. The lowest BCUT2D eigenvalue weighted by molar-refractivity contribution is -0.0693. The van der Waals surface area contributed by atoms with Gasteiger partial charge in [-0.3, -0.25) is 0 Å². The molecule has 0 amide bonds. The summed E-state index contributed by atoms with van der Waals surface area (Å²) < 4.78 is 17.1. The largest absolute Gasteiger partial charge is 0.504 e. The molecule has 0 bridgehead atoms. The maximum atomic E-state index is 5.98. The summed E-state index contributed by atoms with van der Waals surface area (Å²) in [5.74, 6) is 0.248. The van der Waals surface area contributed by atoms with Gasteiger partial charge in [0.15, 0.2) is 0 Å². The zero-order valence-corrected chi connectivity index (χ0v) is 14.2. The van der Waals surface area contributed by atoms with Gasteiger partial charge in [0.1, 0.15) is 0 Å². The number of ether oxygens (including phenoxy) is 3. The highest BCUT2D eigenvalue weighted by atomic mass is 16.5. The fraction of sp³-hybridized carbons (Fsp3) is 0.579. The Bertz CT molecular complexity index is 479. The van der Waals surface area contributed by atoms with E-state index in [1.807, 2.05) is 24.5 Å². The zero-order chi connectivity index (χ0) is 16.0. The summed E-state index contributed by atoms with van der Waals surface area (Å²) in [6, 6.07) is 10.3. The highest BCUT2D eigenvalue weighted by Gasteiger charge is 2.42. The van der Waals surface area contributed by atoms with Crippen molar-refractivity contribution in [2.45, 2.75) is 39.4 Å². The van der Waals surface area contributed by atoms with Crippen LogP contribution in [0.3, 0.4) is 0 Å². The number of methoxy groups -OCH3 is 2. The van der Waals surface area contributed by atoms with Gasteiger partial charge in [0.2, 0.25) is 0 Å². The molecule has 1 saturated carbocycles. The number of benzene rings is 1. The Kier molecular flexibility index (Phi) is 6.04. The van der Waals surface area contributed by atoms with E-state index in [1.54, 1.807) is 14.2 Å². The molecule has 1 aliphatic rings. The minimum absolute atomic E-state index is 0.151. The molecule has 0 heterocycles. The van der Waals surface area contributed by atoms with Crippen molar-refractivity contribution in [3.05, 3.63) is 47.7 Å². The van der Waals surface area contributed by atoms with E-state index in [4.69, 9.17) is 14.2 Å². The molecule has 0 saturated heterocycles. The summed E-state index contributed by atoms with van der Waals surface area (Å²) in [5.41, 5.74) is 2.64. The second-order valence-corrected chi connectivity index (χ2v) is 6.68. The Balaban J connectivity index is 2.03. The molecular weight excluding hydrogens is 276 g/mol. The van der Waals surface area contributed by atoms with Crippen molar-refractivity contribution in [1.82, 2.24) is 0 Å². The third-order valence-corrected chi connectivity index (χ3v) is 4.60. The van der Waals surface area contributed by atoms with Crippen molar-refractivity contribution in [2.24, 2.45) is 11.3 Å². The van der Waals surface area contributed by atoms with Crippen LogP contribution >= 0.6 is 0 Å². The predicted octanol–water partition coefficient (Wildman–Crippen LogP) is 4.18. The fourth-order valence-electron chi connectivity index (χ4n) is 3.39. The summed E-state index contributed by atoms with van der Waals surface area (Å²) in [6.45, 7) is 5.84. The Morgan fingerprint density at radius 3 is 2.55 bits per heavy atom. The van der Waals surface area contributed by atoms with E-state index in [1.165, 1.54) is 11.1 Å². The first-order valence-corrected chi connectivity index (χ1v) is 7.94. The highest BCUT2D eigenvalue weighted by Crippen LogP contribution is 2.43. The third-order valence-electron chi connectivity index (χ3n) is 4.60. The molecule has 1 fully saturated rings. The topological polar surface area (TPSA) is 27.7 Å². The lowest BCUT2D eigenvalue weighted by Gasteiger charge is -2.44. The molecule has 0 aromatic heterocycles. The average Bonchev–Trinajstić information content (AvgIpc) is 2.51. The fourth-order valence-corrected chi connectivity index (χ4v) is 3.39. The third kappa shape index (κ3) is 4.11. The van der Waals surface area contributed by atoms with E-state index < -0.39 is 0 Å². The van der Waals surface area contributed by atoms with Crippen LogP contribution in [0.15, 0.2) is 42.2 Å². The van der Waals surface area contributed by atoms with Gasteiger partial charge in [0.25, 0.3) is 0 Å². The highest BCUT2D eigenvalue weighted by molar-refractivity contribution is 5.15. The Morgan fingerprint density at radius 1 is 1.18 bits per heavy atom. The molecule has 1 aromatic carbocycles. The SMILES string of the molecule is COC=C1CCC(C)(C)[C@H](OC)[C@H]1COCc1ccccc1. The summed E-state index contributed by atoms with van der Waals surface area (Å²) >= 11 is 0. The quantitative estimate of drug-likeness (QED) is 0.738. The van der Waals surface area contributed by atoms with Gasteiger partial charge >= 0.3 is 0 Å². The standard InChI is InChI=1S/C19H28O3/c1-19(2)11-10-16(13-20-3)17(18(19)21-4)14-22-12-15-8-6-5-7-9-15/h5-9,13,17-18H,10-12,14H2,1-4H3/t17-,18+/m0/s1. The Morgan fingerprint density at radius 2 is 1.91 bits per heavy atom. The first-order valence-electron chi connectivity index (χ1n) is 7.94. The van der Waals surface area contributed by atoms with Crippen LogP contribution in [0, 0.1) is 11.3 Å². The smallest absolute Gasteiger partial charge is 0.0821 e. The molecule has 22 heavy (non-hydrogen) atoms. The molecule has 2 rings (SSSR count). The maximum Gasteiger partial charge on any atom is 0.0821 e. The first kappa shape index (κ1) is 17.0. The van der Waals surface area contributed by atoms with Crippen LogP contribution < -0.4 is 0 Å². The summed E-state index contributed by atoms with van der Waals surface area (Å²) in [5, 5.41) is 0. The molecule has 3 nitrogen and oxygen atoms in total. The van der Waals surface area contributed by atoms with E-state index >= 15 is 0 Å². The number of rotatable bonds is 6. The molecule has 0 radical (unpaired) electrons. The second kappa shape index (κ2) is 7.80. The molecule has 122 valence electrons. The van der Waals surface area contributed by atoms with E-state index in [0.29, 0.717) is 13.2 Å². The maximum absolute atomic E-state index is 5.98. The van der Waals surface area contributed by atoms with Gasteiger partial charge in [-0.25, -0.2) is 0 Å². The lowest BCUT2D eigenvalue weighted by atomic mass is 9.68. The molecule has 1 aliphatic carbocycles. The molecule has 0 spiro atoms. The molecule has 3 heteroatoms. The van der Waals surface area contributed by atoms with E-state index in [-0.39, 0.29) is 17.4 Å². The van der Waals surface area contributed by atoms with Crippen LogP contribution in [0.5, 0.6) is 0 Å². The monoisotopic (exact) mass is 304 g/mol. The minimum atomic E-state index is 0.151. The van der Waals surface area contributed by atoms with Crippen LogP contribution in [0.25, 0.3) is 0 Å². The van der Waals surface area contributed by atoms with Gasteiger partial charge in [0.05, 0.1) is 32.7 Å². The molecule has 2 atom stereocenters. The molecule has 0 aliphatic heterocycles. The average molecular weight is 304 g/mol. The van der Waals surface area contributed by atoms with E-state index in [0.717, 1.165) is 12.8 Å². The normalized spacial score (nSPS) is 26.1. The van der Waals surface area contributed by atoms with Gasteiger partial charge in [0, 0.05) is 13.0 Å². The second-order valence-electron chi connectivity index (χ2n) is 6.68. The van der Waals surface area contributed by atoms with E-state index in [2.05, 4.69) is 26.0 Å². The Labute approximate surface area is 134 Å². The van der Waals surface area contributed by atoms with Crippen molar-refractivity contribution < 1.29 is 14.2 Å². The minimum Gasteiger partial charge on any atom is -0.504 e. The van der Waals surface area contributed by atoms with Gasteiger partial charge < -0.3 is 14.2 Å². The van der Waals surface area contributed by atoms with Crippen molar-refractivity contribution >= 4 is 0 Å². The summed E-state index contributed by atoms with van der Waals surface area (Å²) in [4.78, 5) is 0. The van der Waals surface area contributed by atoms with Crippen LogP contribution in [-0.2, 0) is 20.8 Å². The van der Waals surface area contributed by atoms with Gasteiger partial charge in [-0.15, -0.1) is 0 Å². The zero-order valence-electron chi connectivity index (χ0n) is 14.2. The van der Waals surface area contributed by atoms with Crippen LogP contribution in [-0.4, -0.2) is 26.9 Å². The molecule has 1 aromatic rings. The van der Waals surface area contributed by atoms with Gasteiger partial charge in [-0.1, -0.05) is 44.2 Å². The van der Waals surface area contributed by atoms with Crippen molar-refractivity contribution in [3.8, 4) is 0 Å². The van der Waals surface area contributed by atoms with Crippen LogP contribution in [0.4, 0.5) is 0 Å². The molecular formula is C19H28O3. The van der Waals surface area contributed by atoms with Gasteiger partial charge in [-0.2, -0.15) is 0 Å². The first-order chi connectivity index (χ1) is 10.6. The summed E-state index contributed by atoms with van der Waals surface area (Å²) in [6.07, 6.45) is 4.17. The Hall–Kier alpha value is -1.32. The molecule has 0 unspecified atom stereocenters. The van der Waals surface area contributed by atoms with Crippen molar-refractivity contribution in [3.63, 3.8) is 0 Å². The van der Waals surface area contributed by atoms with E-state index in [9.17, 15) is 0 Å². The van der Waals surface area contributed by atoms with Crippen molar-refractivity contribution in [2.75, 3.05) is 20.8 Å².